The Bertz CT molecular complexity index is 1010. The Morgan fingerprint density at radius 1 is 1.18 bits per heavy atom. The first-order valence-electron chi connectivity index (χ1n) is 9.60. The van der Waals surface area contributed by atoms with Gasteiger partial charge in [0, 0.05) is 35.7 Å². The van der Waals surface area contributed by atoms with E-state index < -0.39 is 0 Å². The van der Waals surface area contributed by atoms with Crippen molar-refractivity contribution in [2.24, 2.45) is 0 Å². The quantitative estimate of drug-likeness (QED) is 0.620. The van der Waals surface area contributed by atoms with Crippen LogP contribution >= 0.6 is 11.8 Å². The zero-order chi connectivity index (χ0) is 19.1. The molecule has 0 bridgehead atoms. The summed E-state index contributed by atoms with van der Waals surface area (Å²) >= 11 is 1.48. The number of anilines is 1. The Kier molecular flexibility index (Phi) is 4.39. The van der Waals surface area contributed by atoms with Gasteiger partial charge < -0.3 is 4.90 Å². The van der Waals surface area contributed by atoms with Crippen molar-refractivity contribution in [3.63, 3.8) is 0 Å². The smallest absolute Gasteiger partial charge is 0.237 e. The van der Waals surface area contributed by atoms with Crippen LogP contribution in [0.1, 0.15) is 31.4 Å². The number of rotatable bonds is 5. The van der Waals surface area contributed by atoms with Crippen LogP contribution < -0.4 is 4.90 Å². The molecule has 28 heavy (non-hydrogen) atoms. The highest BCUT2D eigenvalue weighted by Crippen LogP contribution is 2.41. The molecule has 142 valence electrons. The molecule has 2 aromatic heterocycles. The minimum Gasteiger partial charge on any atom is -0.308 e. The van der Waals surface area contributed by atoms with Crippen LogP contribution in [0.3, 0.4) is 0 Å². The highest BCUT2D eigenvalue weighted by molar-refractivity contribution is 7.99. The fourth-order valence-electron chi connectivity index (χ4n) is 3.87. The number of aromatic nitrogens is 4. The van der Waals surface area contributed by atoms with Crippen LogP contribution in [0.25, 0.3) is 11.4 Å². The maximum absolute atomic E-state index is 13.0. The lowest BCUT2D eigenvalue weighted by Crippen LogP contribution is -2.37. The second-order valence-corrected chi connectivity index (χ2v) is 8.33. The molecule has 0 spiro atoms. The second kappa shape index (κ2) is 7.05. The second-order valence-electron chi connectivity index (χ2n) is 7.38. The maximum Gasteiger partial charge on any atom is 0.237 e. The predicted octanol–water partition coefficient (Wildman–Crippen LogP) is 3.74. The summed E-state index contributed by atoms with van der Waals surface area (Å²) in [5.41, 5.74) is 3.25. The van der Waals surface area contributed by atoms with Crippen molar-refractivity contribution in [1.29, 1.82) is 0 Å². The molecule has 1 amide bonds. The molecule has 0 radical (unpaired) electrons. The minimum atomic E-state index is 0.121. The van der Waals surface area contributed by atoms with E-state index in [9.17, 15) is 4.79 Å². The Morgan fingerprint density at radius 2 is 2.04 bits per heavy atom. The Labute approximate surface area is 168 Å². The van der Waals surface area contributed by atoms with Gasteiger partial charge in [0.15, 0.2) is 11.0 Å². The largest absolute Gasteiger partial charge is 0.308 e. The van der Waals surface area contributed by atoms with E-state index >= 15 is 0 Å². The summed E-state index contributed by atoms with van der Waals surface area (Å²) in [6.07, 6.45) is 6.73. The average Bonchev–Trinajstić information content (AvgIpc) is 3.37. The number of carbonyl (C=O) groups is 1. The maximum atomic E-state index is 13.0. The number of pyridine rings is 1. The molecule has 3 heterocycles. The van der Waals surface area contributed by atoms with Gasteiger partial charge in [-0.1, -0.05) is 30.0 Å². The number of nitrogens with zero attached hydrogens (tertiary/aromatic N) is 5. The molecular formula is C21H21N5OS. The van der Waals surface area contributed by atoms with Gasteiger partial charge in [0.25, 0.3) is 0 Å². The van der Waals surface area contributed by atoms with Crippen molar-refractivity contribution in [3.05, 3.63) is 54.4 Å². The fourth-order valence-corrected chi connectivity index (χ4v) is 4.74. The third-order valence-corrected chi connectivity index (χ3v) is 6.22. The predicted molar refractivity (Wildman–Crippen MR) is 109 cm³/mol. The molecule has 2 aliphatic rings. The van der Waals surface area contributed by atoms with Crippen LogP contribution in [0.4, 0.5) is 5.69 Å². The van der Waals surface area contributed by atoms with E-state index in [0.29, 0.717) is 11.8 Å². The van der Waals surface area contributed by atoms with Crippen molar-refractivity contribution in [3.8, 4) is 11.4 Å². The first kappa shape index (κ1) is 17.4. The number of para-hydroxylation sites is 1. The molecule has 6 nitrogen and oxygen atoms in total. The van der Waals surface area contributed by atoms with E-state index in [1.165, 1.54) is 17.3 Å². The average molecular weight is 392 g/mol. The van der Waals surface area contributed by atoms with Gasteiger partial charge in [-0.15, -0.1) is 10.2 Å². The summed E-state index contributed by atoms with van der Waals surface area (Å²) in [4.78, 5) is 19.1. The minimum absolute atomic E-state index is 0.121. The van der Waals surface area contributed by atoms with Gasteiger partial charge in [0.2, 0.25) is 5.91 Å². The number of hydrogen-bond acceptors (Lipinski definition) is 5. The number of hydrogen-bond donors (Lipinski definition) is 0. The van der Waals surface area contributed by atoms with Gasteiger partial charge in [-0.25, -0.2) is 0 Å². The standard InChI is InChI=1S/C21H21N5OS/c1-14-11-15-5-2-3-7-18(15)25(14)19(27)13-28-21-24-23-20(26(21)17-8-9-17)16-6-4-10-22-12-16/h2-7,10,12,14,17H,8-9,11,13H2,1H3/t14-/m0/s1. The first-order valence-corrected chi connectivity index (χ1v) is 10.6. The number of benzene rings is 1. The fraction of sp³-hybridized carbons (Fsp3) is 0.333. The molecule has 1 aliphatic heterocycles. The first-order chi connectivity index (χ1) is 13.7. The summed E-state index contributed by atoms with van der Waals surface area (Å²) in [6, 6.07) is 12.7. The number of thioether (sulfide) groups is 1. The lowest BCUT2D eigenvalue weighted by Gasteiger charge is -2.22. The Balaban J connectivity index is 1.36. The molecule has 0 saturated heterocycles. The van der Waals surface area contributed by atoms with Gasteiger partial charge in [-0.3, -0.25) is 14.3 Å². The summed E-state index contributed by atoms with van der Waals surface area (Å²) in [5.74, 6) is 1.32. The summed E-state index contributed by atoms with van der Waals surface area (Å²) in [7, 11) is 0. The third kappa shape index (κ3) is 3.09. The van der Waals surface area contributed by atoms with Gasteiger partial charge in [-0.2, -0.15) is 0 Å². The normalized spacial score (nSPS) is 18.3. The van der Waals surface area contributed by atoms with Crippen LogP contribution in [0.2, 0.25) is 0 Å². The van der Waals surface area contributed by atoms with E-state index in [-0.39, 0.29) is 11.9 Å². The van der Waals surface area contributed by atoms with Crippen LogP contribution in [0, 0.1) is 0 Å². The van der Waals surface area contributed by atoms with E-state index in [2.05, 4.69) is 32.7 Å². The Hall–Kier alpha value is -2.67. The van der Waals surface area contributed by atoms with Crippen LogP contribution in [-0.2, 0) is 11.2 Å². The zero-order valence-corrected chi connectivity index (χ0v) is 16.5. The SMILES string of the molecule is C[C@H]1Cc2ccccc2N1C(=O)CSc1nnc(-c2cccnc2)n1C1CC1. The van der Waals surface area contributed by atoms with E-state index in [1.54, 1.807) is 6.20 Å². The van der Waals surface area contributed by atoms with Crippen LogP contribution in [-0.4, -0.2) is 37.5 Å². The van der Waals surface area contributed by atoms with Crippen molar-refractivity contribution in [1.82, 2.24) is 19.7 Å². The van der Waals surface area contributed by atoms with Crippen molar-refractivity contribution >= 4 is 23.4 Å². The highest BCUT2D eigenvalue weighted by atomic mass is 32.2. The summed E-state index contributed by atoms with van der Waals surface area (Å²) in [6.45, 7) is 2.11. The highest BCUT2D eigenvalue weighted by Gasteiger charge is 2.33. The summed E-state index contributed by atoms with van der Waals surface area (Å²) < 4.78 is 2.18. The zero-order valence-electron chi connectivity index (χ0n) is 15.7. The van der Waals surface area contributed by atoms with Gasteiger partial charge in [0.1, 0.15) is 0 Å². The lowest BCUT2D eigenvalue weighted by molar-refractivity contribution is -0.116. The molecular weight excluding hydrogens is 370 g/mol. The molecule has 1 fully saturated rings. The van der Waals surface area contributed by atoms with Crippen LogP contribution in [0.15, 0.2) is 53.9 Å². The molecule has 3 aromatic rings. The number of fused-ring (bicyclic) bond motifs is 1. The summed E-state index contributed by atoms with van der Waals surface area (Å²) in [5, 5.41) is 9.61. The monoisotopic (exact) mass is 391 g/mol. The lowest BCUT2D eigenvalue weighted by atomic mass is 10.1. The Morgan fingerprint density at radius 3 is 2.82 bits per heavy atom. The molecule has 7 heteroatoms. The molecule has 1 atom stereocenters. The number of amides is 1. The van der Waals surface area contributed by atoms with Crippen molar-refractivity contribution in [2.45, 2.75) is 43.4 Å². The third-order valence-electron chi connectivity index (χ3n) is 5.30. The van der Waals surface area contributed by atoms with Crippen molar-refractivity contribution < 1.29 is 4.79 Å². The molecule has 1 aromatic carbocycles. The molecule has 5 rings (SSSR count). The molecule has 0 N–H and O–H groups in total. The molecule has 1 saturated carbocycles. The molecule has 1 aliphatic carbocycles. The van der Waals surface area contributed by atoms with Gasteiger partial charge in [-0.05, 0) is 49.9 Å². The van der Waals surface area contributed by atoms with E-state index in [0.717, 1.165) is 41.5 Å². The van der Waals surface area contributed by atoms with Crippen molar-refractivity contribution in [2.75, 3.05) is 10.7 Å². The van der Waals surface area contributed by atoms with E-state index in [1.807, 2.05) is 41.4 Å². The number of carbonyl (C=O) groups excluding carboxylic acids is 1. The van der Waals surface area contributed by atoms with E-state index in [4.69, 9.17) is 0 Å². The topological polar surface area (TPSA) is 63.9 Å². The van der Waals surface area contributed by atoms with Gasteiger partial charge in [0.05, 0.1) is 5.75 Å². The van der Waals surface area contributed by atoms with Crippen LogP contribution in [0.5, 0.6) is 0 Å². The van der Waals surface area contributed by atoms with Gasteiger partial charge >= 0.3 is 0 Å². The molecule has 0 unspecified atom stereocenters.